The summed E-state index contributed by atoms with van der Waals surface area (Å²) in [5, 5.41) is 2.66. The highest BCUT2D eigenvalue weighted by atomic mass is 16.2. The molecule has 2 unspecified atom stereocenters. The van der Waals surface area contributed by atoms with E-state index in [1.54, 1.807) is 0 Å². The van der Waals surface area contributed by atoms with Crippen LogP contribution in [0, 0.1) is 5.92 Å². The first-order valence-corrected chi connectivity index (χ1v) is 7.24. The van der Waals surface area contributed by atoms with E-state index in [-0.39, 0.29) is 30.4 Å². The first kappa shape index (κ1) is 13.4. The van der Waals surface area contributed by atoms with Gasteiger partial charge in [-0.15, -0.1) is 0 Å². The highest BCUT2D eigenvalue weighted by molar-refractivity contribution is 5.94. The van der Waals surface area contributed by atoms with Crippen LogP contribution in [0.1, 0.15) is 52.4 Å². The van der Waals surface area contributed by atoms with Gasteiger partial charge in [0.05, 0.1) is 6.54 Å². The second-order valence-electron chi connectivity index (χ2n) is 5.57. The Labute approximate surface area is 109 Å². The molecule has 4 heteroatoms. The van der Waals surface area contributed by atoms with Gasteiger partial charge >= 0.3 is 0 Å². The number of rotatable bonds is 3. The maximum absolute atomic E-state index is 12.1. The molecule has 2 atom stereocenters. The van der Waals surface area contributed by atoms with Crippen LogP contribution >= 0.6 is 0 Å². The molecule has 4 nitrogen and oxygen atoms in total. The normalized spacial score (nSPS) is 28.1. The molecule has 1 saturated carbocycles. The van der Waals surface area contributed by atoms with Crippen molar-refractivity contribution in [3.8, 4) is 0 Å². The van der Waals surface area contributed by atoms with E-state index < -0.39 is 0 Å². The maximum atomic E-state index is 12.1. The topological polar surface area (TPSA) is 49.4 Å². The Morgan fingerprint density at radius 2 is 1.94 bits per heavy atom. The van der Waals surface area contributed by atoms with E-state index in [4.69, 9.17) is 0 Å². The minimum atomic E-state index is -0.307. The number of piperazine rings is 1. The van der Waals surface area contributed by atoms with Gasteiger partial charge in [0.25, 0.3) is 0 Å². The summed E-state index contributed by atoms with van der Waals surface area (Å²) in [5.74, 6) is 0.657. The Hall–Kier alpha value is -1.06. The standard InChI is InChI=1S/C14H24N2O2/c1-3-12(11-7-5-4-6-8-11)16-10(2)14(18)15-9-13(16)17/h10-12H,3-9H2,1-2H3,(H,15,18). The average Bonchev–Trinajstić information content (AvgIpc) is 2.40. The molecule has 2 amide bonds. The maximum Gasteiger partial charge on any atom is 0.242 e. The molecule has 1 N–H and O–H groups in total. The van der Waals surface area contributed by atoms with Crippen LogP contribution in [0.4, 0.5) is 0 Å². The van der Waals surface area contributed by atoms with Crippen LogP contribution in [0.25, 0.3) is 0 Å². The molecule has 0 aromatic carbocycles. The average molecular weight is 252 g/mol. The lowest BCUT2D eigenvalue weighted by atomic mass is 9.81. The molecule has 2 fully saturated rings. The van der Waals surface area contributed by atoms with E-state index in [0.29, 0.717) is 5.92 Å². The lowest BCUT2D eigenvalue weighted by molar-refractivity contribution is -0.149. The van der Waals surface area contributed by atoms with Gasteiger partial charge in [0.15, 0.2) is 0 Å². The molecule has 0 spiro atoms. The molecule has 0 radical (unpaired) electrons. The number of hydrogen-bond donors (Lipinski definition) is 1. The lowest BCUT2D eigenvalue weighted by Crippen LogP contribution is -2.61. The zero-order valence-electron chi connectivity index (χ0n) is 11.4. The summed E-state index contributed by atoms with van der Waals surface area (Å²) >= 11 is 0. The summed E-state index contributed by atoms with van der Waals surface area (Å²) in [6, 6.07) is -0.0584. The zero-order valence-corrected chi connectivity index (χ0v) is 11.4. The summed E-state index contributed by atoms with van der Waals surface area (Å²) in [7, 11) is 0. The van der Waals surface area contributed by atoms with Crippen LogP contribution in [-0.4, -0.2) is 35.3 Å². The molecule has 102 valence electrons. The van der Waals surface area contributed by atoms with Gasteiger partial charge in [-0.05, 0) is 32.1 Å². The van der Waals surface area contributed by atoms with Crippen molar-refractivity contribution >= 4 is 11.8 Å². The quantitative estimate of drug-likeness (QED) is 0.831. The van der Waals surface area contributed by atoms with Crippen molar-refractivity contribution in [2.75, 3.05) is 6.54 Å². The van der Waals surface area contributed by atoms with E-state index in [1.165, 1.54) is 32.1 Å². The Morgan fingerprint density at radius 1 is 1.28 bits per heavy atom. The third-order valence-electron chi connectivity index (χ3n) is 4.47. The van der Waals surface area contributed by atoms with Gasteiger partial charge in [-0.1, -0.05) is 26.2 Å². The predicted octanol–water partition coefficient (Wildman–Crippen LogP) is 1.69. The number of hydrogen-bond acceptors (Lipinski definition) is 2. The summed E-state index contributed by atoms with van der Waals surface area (Å²) in [6.07, 6.45) is 7.21. The summed E-state index contributed by atoms with van der Waals surface area (Å²) in [4.78, 5) is 25.7. The molecule has 1 aliphatic heterocycles. The van der Waals surface area contributed by atoms with Gasteiger partial charge < -0.3 is 10.2 Å². The fourth-order valence-electron chi connectivity index (χ4n) is 3.49. The Bertz CT molecular complexity index is 324. The molecule has 0 aromatic rings. The molecule has 1 saturated heterocycles. The van der Waals surface area contributed by atoms with Crippen molar-refractivity contribution in [1.29, 1.82) is 0 Å². The Kier molecular flexibility index (Phi) is 4.25. The largest absolute Gasteiger partial charge is 0.345 e. The predicted molar refractivity (Wildman–Crippen MR) is 70.0 cm³/mol. The number of carbonyl (C=O) groups excluding carboxylic acids is 2. The van der Waals surface area contributed by atoms with Gasteiger partial charge in [0.2, 0.25) is 11.8 Å². The van der Waals surface area contributed by atoms with Crippen molar-refractivity contribution < 1.29 is 9.59 Å². The fourth-order valence-corrected chi connectivity index (χ4v) is 3.49. The first-order valence-electron chi connectivity index (χ1n) is 7.24. The van der Waals surface area contributed by atoms with Crippen LogP contribution < -0.4 is 5.32 Å². The van der Waals surface area contributed by atoms with Crippen molar-refractivity contribution in [2.45, 2.75) is 64.5 Å². The van der Waals surface area contributed by atoms with Crippen molar-refractivity contribution in [3.05, 3.63) is 0 Å². The summed E-state index contributed by atoms with van der Waals surface area (Å²) in [6.45, 7) is 4.15. The second-order valence-corrected chi connectivity index (χ2v) is 5.57. The monoisotopic (exact) mass is 252 g/mol. The van der Waals surface area contributed by atoms with Crippen molar-refractivity contribution in [1.82, 2.24) is 10.2 Å². The Balaban J connectivity index is 2.13. The van der Waals surface area contributed by atoms with Crippen LogP contribution in [0.15, 0.2) is 0 Å². The molecule has 2 rings (SSSR count). The van der Waals surface area contributed by atoms with E-state index in [9.17, 15) is 9.59 Å². The van der Waals surface area contributed by atoms with Crippen LogP contribution in [0.5, 0.6) is 0 Å². The van der Waals surface area contributed by atoms with Crippen molar-refractivity contribution in [2.24, 2.45) is 5.92 Å². The van der Waals surface area contributed by atoms with Gasteiger partial charge in [-0.3, -0.25) is 9.59 Å². The summed E-state index contributed by atoms with van der Waals surface area (Å²) < 4.78 is 0. The van der Waals surface area contributed by atoms with E-state index >= 15 is 0 Å². The molecule has 1 aliphatic carbocycles. The van der Waals surface area contributed by atoms with Gasteiger partial charge in [-0.25, -0.2) is 0 Å². The van der Waals surface area contributed by atoms with E-state index in [1.807, 2.05) is 11.8 Å². The van der Waals surface area contributed by atoms with Crippen LogP contribution in [0.3, 0.4) is 0 Å². The minimum absolute atomic E-state index is 0.0103. The van der Waals surface area contributed by atoms with Gasteiger partial charge in [0.1, 0.15) is 6.04 Å². The zero-order chi connectivity index (χ0) is 13.1. The highest BCUT2D eigenvalue weighted by Gasteiger charge is 2.38. The van der Waals surface area contributed by atoms with E-state index in [0.717, 1.165) is 6.42 Å². The molecular weight excluding hydrogens is 228 g/mol. The third kappa shape index (κ3) is 2.52. The van der Waals surface area contributed by atoms with Crippen molar-refractivity contribution in [3.63, 3.8) is 0 Å². The van der Waals surface area contributed by atoms with E-state index in [2.05, 4.69) is 12.2 Å². The number of amides is 2. The number of carbonyl (C=O) groups is 2. The SMILES string of the molecule is CCC(C1CCCCC1)N1C(=O)CNC(=O)C1C. The number of nitrogens with zero attached hydrogens (tertiary/aromatic N) is 1. The minimum Gasteiger partial charge on any atom is -0.345 e. The molecular formula is C14H24N2O2. The van der Waals surface area contributed by atoms with Gasteiger partial charge in [-0.2, -0.15) is 0 Å². The molecule has 0 bridgehead atoms. The first-order chi connectivity index (χ1) is 8.65. The Morgan fingerprint density at radius 3 is 2.56 bits per heavy atom. The highest BCUT2D eigenvalue weighted by Crippen LogP contribution is 2.32. The number of nitrogens with one attached hydrogen (secondary N) is 1. The molecule has 18 heavy (non-hydrogen) atoms. The third-order valence-corrected chi connectivity index (χ3v) is 4.47. The molecule has 2 aliphatic rings. The van der Waals surface area contributed by atoms with Crippen LogP contribution in [-0.2, 0) is 9.59 Å². The molecule has 1 heterocycles. The van der Waals surface area contributed by atoms with Crippen LogP contribution in [0.2, 0.25) is 0 Å². The fraction of sp³-hybridized carbons (Fsp3) is 0.857. The summed E-state index contributed by atoms with van der Waals surface area (Å²) in [5.41, 5.74) is 0. The lowest BCUT2D eigenvalue weighted by Gasteiger charge is -2.43. The van der Waals surface area contributed by atoms with Gasteiger partial charge in [0, 0.05) is 6.04 Å². The second kappa shape index (κ2) is 5.72. The molecule has 0 aromatic heterocycles. The smallest absolute Gasteiger partial charge is 0.242 e.